The number of nitrogens with zero attached hydrogens (tertiary/aromatic N) is 6. The highest BCUT2D eigenvalue weighted by Gasteiger charge is 2.46. The van der Waals surface area contributed by atoms with E-state index in [4.69, 9.17) is 42.3 Å². The highest BCUT2D eigenvalue weighted by Crippen LogP contribution is 2.46. The maximum atomic E-state index is 13.2. The van der Waals surface area contributed by atoms with Crippen molar-refractivity contribution in [2.75, 3.05) is 27.4 Å². The first kappa shape index (κ1) is 89.5. The Balaban J connectivity index is 0.000000256. The molecule has 3 aliphatic rings. The van der Waals surface area contributed by atoms with Gasteiger partial charge in [-0.2, -0.15) is 4.57 Å². The van der Waals surface area contributed by atoms with Gasteiger partial charge in [0.2, 0.25) is 0 Å². The normalized spacial score (nSPS) is 20.8. The van der Waals surface area contributed by atoms with Crippen LogP contribution >= 0.6 is 38.5 Å². The van der Waals surface area contributed by atoms with Crippen LogP contribution in [0.1, 0.15) is 200 Å². The van der Waals surface area contributed by atoms with E-state index in [1.807, 2.05) is 71.1 Å². The summed E-state index contributed by atoms with van der Waals surface area (Å²) in [4.78, 5) is 127. The molecule has 0 radical (unpaired) electrons. The molecule has 0 aliphatic carbocycles. The lowest BCUT2D eigenvalue weighted by molar-refractivity contribution is -0.386. The van der Waals surface area contributed by atoms with Gasteiger partial charge in [0.05, 0.1) is 119 Å². The number of nitro benzene ring substituents is 2. The molecule has 0 bridgehead atoms. The third-order valence-corrected chi connectivity index (χ3v) is 24.3. The summed E-state index contributed by atoms with van der Waals surface area (Å²) in [5.74, 6) is 6.38. The largest absolute Gasteiger partial charge is 0.496 e. The summed E-state index contributed by atoms with van der Waals surface area (Å²) in [6.07, 6.45) is -3.38. The number of methoxy groups -OCH3 is 2. The van der Waals surface area contributed by atoms with E-state index in [1.165, 1.54) is 62.5 Å². The predicted octanol–water partition coefficient (Wildman–Crippen LogP) is 8.90. The minimum atomic E-state index is -2.06. The maximum Gasteiger partial charge on any atom is 0.425 e. The van der Waals surface area contributed by atoms with Gasteiger partial charge in [0.15, 0.2) is 8.32 Å². The van der Waals surface area contributed by atoms with Crippen molar-refractivity contribution in [3.8, 4) is 23.3 Å². The number of alkyl halides is 1. The summed E-state index contributed by atoms with van der Waals surface area (Å²) in [6.45, 7) is 29.0. The summed E-state index contributed by atoms with van der Waals surface area (Å²) in [6, 6.07) is 5.75. The molecule has 3 fully saturated rings. The summed E-state index contributed by atoms with van der Waals surface area (Å²) in [5.41, 5.74) is -5.75. The van der Waals surface area contributed by atoms with Crippen LogP contribution in [0.2, 0.25) is 18.1 Å². The topological polar surface area (TPSA) is 438 Å². The maximum absolute atomic E-state index is 13.2. The number of H-pyrrole nitrogens is 2. The molecule has 3 saturated heterocycles. The monoisotopic (exact) mass is 1710 g/mol. The number of carbonyl (C=O) groups is 2. The van der Waals surface area contributed by atoms with Crippen molar-refractivity contribution in [3.05, 3.63) is 163 Å². The molecule has 0 spiro atoms. The zero-order chi connectivity index (χ0) is 81.2. The van der Waals surface area contributed by atoms with Gasteiger partial charge in [-0.25, -0.2) is 19.2 Å². The molecule has 3 aromatic heterocycles. The second-order valence-electron chi connectivity index (χ2n) is 30.9. The number of Topliss-reactive ketones (excluding diaryl/α,β-unsaturated/α-hetero) is 1. The highest BCUT2D eigenvalue weighted by molar-refractivity contribution is 14.1. The molecular formula is C72H100BrIN8O25Si. The molecule has 6 N–H and O–H groups in total. The van der Waals surface area contributed by atoms with Crippen LogP contribution in [-0.2, 0) is 56.2 Å². The van der Waals surface area contributed by atoms with Gasteiger partial charge >= 0.3 is 23.2 Å². The quantitative estimate of drug-likeness (QED) is 0.00887. The lowest BCUT2D eigenvalue weighted by Gasteiger charge is -2.39. The summed E-state index contributed by atoms with van der Waals surface area (Å²) < 4.78 is 56.9. The molecule has 0 unspecified atom stereocenters. The molecular weight excluding hydrogens is 1610 g/mol. The second kappa shape index (κ2) is 37.1. The highest BCUT2D eigenvalue weighted by atomic mass is 127. The molecule has 3 aliphatic heterocycles. The van der Waals surface area contributed by atoms with Gasteiger partial charge in [-0.05, 0) is 97.8 Å². The van der Waals surface area contributed by atoms with Crippen LogP contribution in [0.5, 0.6) is 11.5 Å². The van der Waals surface area contributed by atoms with Crippen LogP contribution in [0.15, 0.2) is 71.6 Å². The Bertz CT molecular complexity index is 4510. The number of aromatic nitrogens is 6. The smallest absolute Gasteiger partial charge is 0.425 e. The zero-order valence-electron chi connectivity index (χ0n) is 64.0. The first-order valence-corrected chi connectivity index (χ1v) is 39.9. The number of hydrogen-bond acceptors (Lipinski definition) is 25. The third kappa shape index (κ3) is 22.4. The van der Waals surface area contributed by atoms with Crippen LogP contribution < -0.4 is 43.2 Å². The molecule has 108 heavy (non-hydrogen) atoms. The van der Waals surface area contributed by atoms with Crippen LogP contribution in [0, 0.1) is 46.5 Å². The molecule has 596 valence electrons. The van der Waals surface area contributed by atoms with Gasteiger partial charge in [-0.1, -0.05) is 97.0 Å². The van der Waals surface area contributed by atoms with Crippen molar-refractivity contribution in [2.45, 2.75) is 245 Å². The Hall–Kier alpha value is -7.39. The number of nitro groups is 2. The first-order chi connectivity index (χ1) is 50.1. The lowest BCUT2D eigenvalue weighted by atomic mass is 9.83. The fraction of sp³-hybridized carbons (Fsp3) is 0.611. The van der Waals surface area contributed by atoms with Crippen molar-refractivity contribution in [1.29, 1.82) is 0 Å². The first-order valence-electron chi connectivity index (χ1n) is 34.8. The Morgan fingerprint density at radius 3 is 1.54 bits per heavy atom. The molecule has 2 aromatic carbocycles. The van der Waals surface area contributed by atoms with Crippen LogP contribution in [0.3, 0.4) is 0 Å². The van der Waals surface area contributed by atoms with E-state index in [9.17, 15) is 79.0 Å². The number of rotatable bonds is 23. The zero-order valence-corrected chi connectivity index (χ0v) is 68.7. The standard InChI is InChI=1S/C28H35N3O10.C22H37BrN2O6Si.C22H28IN3O9/c1-16(33)8-6-7-9-17-10-20(31(37)38)19(11-22(17)39-5)25(28(2,3)4)40-15-18-13-30(27(36)29-26(18)35)24-12-21(34)23(14-32)41-24;1-10-15-16(31-32(8,9)22(5,6)7)11-17(29-15)24-13-14(12-23)18(26)25(19(24)27)20(28)30-21(2,3)4;1-22(2,3)19(12-5-16(33-4)13(23)6-14(12)26(31)32)34-10-11-8-25(21(30)24-20(11)29)18-7-15(28)17(9-27)35-18/h10-11,13,21,23-25,32,34H,6,8,12,14-15H2,1-5H3,(H,29,35,36);13,15-17H,10-12H2,1-9H3;5-6,8,15,17-19,27-28H,7,9-10H2,1-4H3,(H,24,29,30)/t21-,23-,24-,25-;15-,16-,17-;15-,17-,18-,19-/m111/s1. The summed E-state index contributed by atoms with van der Waals surface area (Å²) in [5, 5.41) is 62.9. The number of aliphatic hydroxyl groups is 4. The molecule has 0 amide bonds. The summed E-state index contributed by atoms with van der Waals surface area (Å²) >= 11 is 5.23. The minimum Gasteiger partial charge on any atom is -0.496 e. The van der Waals surface area contributed by atoms with Gasteiger partial charge in [-0.3, -0.25) is 63.1 Å². The Morgan fingerprint density at radius 1 is 0.694 bits per heavy atom. The molecule has 33 nitrogen and oxygen atoms in total. The van der Waals surface area contributed by atoms with Gasteiger partial charge in [0.1, 0.15) is 53.8 Å². The van der Waals surface area contributed by atoms with Gasteiger partial charge in [-0.15, -0.1) is 0 Å². The van der Waals surface area contributed by atoms with Crippen molar-refractivity contribution in [1.82, 2.24) is 28.2 Å². The number of ketones is 1. The Kier molecular flexibility index (Phi) is 30.7. The number of aromatic amines is 2. The number of nitrogens with one attached hydrogen (secondary N) is 2. The molecule has 11 atom stereocenters. The lowest BCUT2D eigenvalue weighted by Crippen LogP contribution is -2.47. The average Bonchev–Trinajstić information content (AvgIpc) is 1.67. The van der Waals surface area contributed by atoms with Crippen LogP contribution in [-0.4, -0.2) is 148 Å². The average molecular weight is 1710 g/mol. The number of ether oxygens (including phenoxy) is 8. The van der Waals surface area contributed by atoms with E-state index in [-0.39, 0.29) is 111 Å². The molecule has 8 rings (SSSR count). The van der Waals surface area contributed by atoms with Crippen molar-refractivity contribution in [3.63, 3.8) is 0 Å². The van der Waals surface area contributed by atoms with Crippen molar-refractivity contribution >= 4 is 70.1 Å². The minimum absolute atomic E-state index is 0.0188. The molecule has 5 aromatic rings. The third-order valence-electron chi connectivity index (χ3n) is 18.3. The fourth-order valence-electron chi connectivity index (χ4n) is 11.7. The van der Waals surface area contributed by atoms with Crippen molar-refractivity contribution < 1.29 is 82.2 Å². The molecule has 0 saturated carbocycles. The number of hydrogen-bond donors (Lipinski definition) is 6. The van der Waals surface area contributed by atoms with Gasteiger partial charge in [0, 0.05) is 73.7 Å². The van der Waals surface area contributed by atoms with E-state index in [0.717, 1.165) is 15.6 Å². The second-order valence-corrected chi connectivity index (χ2v) is 37.4. The van der Waals surface area contributed by atoms with Gasteiger partial charge < -0.3 is 62.7 Å². The number of halogens is 2. The number of carbonyl (C=O) groups excluding carboxylic acids is 2. The van der Waals surface area contributed by atoms with Gasteiger partial charge in [0.25, 0.3) is 28.1 Å². The fourth-order valence-corrected chi connectivity index (χ4v) is 14.2. The number of aliphatic hydroxyl groups excluding tert-OH is 4. The van der Waals surface area contributed by atoms with E-state index < -0.39 is 143 Å². The predicted molar refractivity (Wildman–Crippen MR) is 409 cm³/mol. The van der Waals surface area contributed by atoms with E-state index >= 15 is 0 Å². The summed E-state index contributed by atoms with van der Waals surface area (Å²) in [7, 11) is 0.813. The Morgan fingerprint density at radius 2 is 1.14 bits per heavy atom. The molecule has 6 heterocycles. The Labute approximate surface area is 646 Å². The molecule has 36 heteroatoms. The van der Waals surface area contributed by atoms with Crippen LogP contribution in [0.4, 0.5) is 16.2 Å². The van der Waals surface area contributed by atoms with E-state index in [2.05, 4.69) is 71.6 Å². The van der Waals surface area contributed by atoms with Crippen LogP contribution in [0.25, 0.3) is 0 Å². The van der Waals surface area contributed by atoms with E-state index in [0.29, 0.717) is 26.7 Å². The SMILES string of the molecule is CC[C@H]1O[C@@H](n2cc(CBr)c(=O)n(C(=O)OC(C)(C)C)c2=O)C[C@H]1O[Si](C)(C)C(C)(C)C.COc1cc([C@@H](OCc2cn([C@H]3C[C@@H](O)[C@@H](CO)O3)c(=O)[nH]c2=O)C(C)(C)C)c([N+](=O)[O-])cc1C#CCCC(C)=O.COc1cc([C@@H](OCc2cn([C@H]3C[C@@H](O)[C@@H](CO)O3)c(=O)[nH]c2=O)C(C)(C)C)c([N+](=O)[O-])cc1I. The number of benzene rings is 2. The van der Waals surface area contributed by atoms with E-state index in [1.54, 1.807) is 26.8 Å². The van der Waals surface area contributed by atoms with Crippen molar-refractivity contribution in [2.24, 2.45) is 10.8 Å².